The highest BCUT2D eigenvalue weighted by Gasteiger charge is 2.18. The largest absolute Gasteiger partial charge is 0.490 e. The molecule has 0 amide bonds. The van der Waals surface area contributed by atoms with Crippen molar-refractivity contribution < 1.29 is 14.6 Å². The summed E-state index contributed by atoms with van der Waals surface area (Å²) in [6.07, 6.45) is 4.86. The van der Waals surface area contributed by atoms with Gasteiger partial charge in [0.25, 0.3) is 0 Å². The lowest BCUT2D eigenvalue weighted by Gasteiger charge is -2.18. The van der Waals surface area contributed by atoms with E-state index in [1.807, 2.05) is 12.1 Å². The van der Waals surface area contributed by atoms with Crippen LogP contribution in [0.5, 0.6) is 5.75 Å². The molecule has 1 atom stereocenters. The highest BCUT2D eigenvalue weighted by Crippen LogP contribution is 2.28. The van der Waals surface area contributed by atoms with E-state index in [0.717, 1.165) is 24.2 Å². The van der Waals surface area contributed by atoms with Crippen LogP contribution in [0.4, 0.5) is 0 Å². The summed E-state index contributed by atoms with van der Waals surface area (Å²) in [7, 11) is 0. The summed E-state index contributed by atoms with van der Waals surface area (Å²) in [4.78, 5) is 10.8. The molecule has 2 N–H and O–H groups in total. The fourth-order valence-electron chi connectivity index (χ4n) is 2.34. The molecule has 1 aliphatic carbocycles. The summed E-state index contributed by atoms with van der Waals surface area (Å²) in [5, 5.41) is 12.5. The van der Waals surface area contributed by atoms with Crippen molar-refractivity contribution in [1.29, 1.82) is 0 Å². The number of nitrogens with one attached hydrogen (secondary N) is 1. The van der Waals surface area contributed by atoms with Crippen molar-refractivity contribution in [1.82, 2.24) is 5.32 Å². The normalized spacial score (nSPS) is 17.1. The van der Waals surface area contributed by atoms with Gasteiger partial charge in [0.2, 0.25) is 0 Å². The van der Waals surface area contributed by atoms with E-state index in [4.69, 9.17) is 21.4 Å². The van der Waals surface area contributed by atoms with Gasteiger partial charge >= 0.3 is 5.97 Å². The number of carboxylic acids is 1. The maximum atomic E-state index is 10.8. The molecular weight excluding hydrogens is 278 g/mol. The molecule has 20 heavy (non-hydrogen) atoms. The number of hydrogen-bond donors (Lipinski definition) is 2. The number of benzene rings is 1. The van der Waals surface area contributed by atoms with Gasteiger partial charge < -0.3 is 15.2 Å². The monoisotopic (exact) mass is 297 g/mol. The van der Waals surface area contributed by atoms with Crippen LogP contribution in [-0.4, -0.2) is 23.2 Å². The standard InChI is InChI=1S/C15H20ClNO3/c1-10(15(18)19)17-9-11-8-12(16)6-7-14(11)20-13-4-2-3-5-13/h6-8,10,13,17H,2-5,9H2,1H3,(H,18,19)/t10-/m0/s1. The predicted octanol–water partition coefficient (Wildman–Crippen LogP) is 3.22. The molecule has 0 spiro atoms. The Morgan fingerprint density at radius 1 is 1.50 bits per heavy atom. The quantitative estimate of drug-likeness (QED) is 0.846. The molecule has 2 rings (SSSR count). The first-order valence-electron chi connectivity index (χ1n) is 6.97. The molecule has 0 aliphatic heterocycles. The molecular formula is C15H20ClNO3. The summed E-state index contributed by atoms with van der Waals surface area (Å²) >= 11 is 6.01. The minimum absolute atomic E-state index is 0.270. The van der Waals surface area contributed by atoms with Crippen molar-refractivity contribution in [3.8, 4) is 5.75 Å². The third-order valence-corrected chi connectivity index (χ3v) is 3.82. The van der Waals surface area contributed by atoms with E-state index in [-0.39, 0.29) is 6.10 Å². The Morgan fingerprint density at radius 3 is 2.85 bits per heavy atom. The molecule has 0 saturated heterocycles. The molecule has 1 fully saturated rings. The van der Waals surface area contributed by atoms with Crippen LogP contribution in [0, 0.1) is 0 Å². The smallest absolute Gasteiger partial charge is 0.320 e. The predicted molar refractivity (Wildman–Crippen MR) is 78.3 cm³/mol. The van der Waals surface area contributed by atoms with E-state index in [0.29, 0.717) is 11.6 Å². The van der Waals surface area contributed by atoms with Crippen LogP contribution in [0.1, 0.15) is 38.2 Å². The first kappa shape index (κ1) is 15.1. The molecule has 0 unspecified atom stereocenters. The average molecular weight is 298 g/mol. The Bertz CT molecular complexity index is 472. The molecule has 0 radical (unpaired) electrons. The van der Waals surface area contributed by atoms with Gasteiger partial charge in [-0.2, -0.15) is 0 Å². The fourth-order valence-corrected chi connectivity index (χ4v) is 2.53. The van der Waals surface area contributed by atoms with Gasteiger partial charge in [0, 0.05) is 17.1 Å². The topological polar surface area (TPSA) is 58.6 Å². The van der Waals surface area contributed by atoms with Gasteiger partial charge in [-0.25, -0.2) is 0 Å². The number of ether oxygens (including phenoxy) is 1. The van der Waals surface area contributed by atoms with Crippen LogP contribution >= 0.6 is 11.6 Å². The molecule has 1 aromatic rings. The summed E-state index contributed by atoms with van der Waals surface area (Å²) in [6, 6.07) is 4.89. The molecule has 110 valence electrons. The van der Waals surface area contributed by atoms with Crippen molar-refractivity contribution in [3.63, 3.8) is 0 Å². The minimum atomic E-state index is -0.870. The minimum Gasteiger partial charge on any atom is -0.490 e. The zero-order valence-corrected chi connectivity index (χ0v) is 12.3. The number of halogens is 1. The molecule has 4 nitrogen and oxygen atoms in total. The van der Waals surface area contributed by atoms with Gasteiger partial charge in [-0.3, -0.25) is 4.79 Å². The fraction of sp³-hybridized carbons (Fsp3) is 0.533. The van der Waals surface area contributed by atoms with Crippen LogP contribution in [0.15, 0.2) is 18.2 Å². The van der Waals surface area contributed by atoms with E-state index in [1.54, 1.807) is 13.0 Å². The molecule has 0 aromatic heterocycles. The van der Waals surface area contributed by atoms with Gasteiger partial charge in [0.1, 0.15) is 11.8 Å². The third kappa shape index (κ3) is 4.12. The number of aliphatic carboxylic acids is 1. The summed E-state index contributed by atoms with van der Waals surface area (Å²) in [5.41, 5.74) is 0.900. The van der Waals surface area contributed by atoms with Crippen LogP contribution in [-0.2, 0) is 11.3 Å². The Hall–Kier alpha value is -1.26. The van der Waals surface area contributed by atoms with Crippen LogP contribution in [0.3, 0.4) is 0 Å². The first-order valence-corrected chi connectivity index (χ1v) is 7.35. The number of carbonyl (C=O) groups is 1. The van der Waals surface area contributed by atoms with Gasteiger partial charge in [0.05, 0.1) is 6.10 Å². The Morgan fingerprint density at radius 2 is 2.20 bits per heavy atom. The Labute approximate surface area is 124 Å². The first-order chi connectivity index (χ1) is 9.56. The van der Waals surface area contributed by atoms with E-state index in [9.17, 15) is 4.79 Å². The van der Waals surface area contributed by atoms with E-state index < -0.39 is 12.0 Å². The van der Waals surface area contributed by atoms with Crippen molar-refractivity contribution >= 4 is 17.6 Å². The van der Waals surface area contributed by atoms with Gasteiger partial charge in [-0.05, 0) is 50.8 Å². The van der Waals surface area contributed by atoms with E-state index in [2.05, 4.69) is 5.32 Å². The molecule has 1 saturated carbocycles. The zero-order valence-electron chi connectivity index (χ0n) is 11.6. The van der Waals surface area contributed by atoms with Crippen molar-refractivity contribution in [2.75, 3.05) is 0 Å². The molecule has 1 aliphatic rings. The van der Waals surface area contributed by atoms with Crippen molar-refractivity contribution in [2.45, 2.75) is 51.3 Å². The molecule has 0 bridgehead atoms. The van der Waals surface area contributed by atoms with Gasteiger partial charge in [0.15, 0.2) is 0 Å². The lowest BCUT2D eigenvalue weighted by atomic mass is 10.1. The Kier molecular flexibility index (Phi) is 5.26. The highest BCUT2D eigenvalue weighted by atomic mass is 35.5. The maximum Gasteiger partial charge on any atom is 0.320 e. The summed E-state index contributed by atoms with van der Waals surface area (Å²) in [6.45, 7) is 2.04. The SMILES string of the molecule is C[C@H](NCc1cc(Cl)ccc1OC1CCCC1)C(=O)O. The van der Waals surface area contributed by atoms with Crippen molar-refractivity contribution in [2.24, 2.45) is 0 Å². The average Bonchev–Trinajstić information content (AvgIpc) is 2.91. The van der Waals surface area contributed by atoms with Crippen molar-refractivity contribution in [3.05, 3.63) is 28.8 Å². The number of rotatable bonds is 6. The third-order valence-electron chi connectivity index (χ3n) is 3.59. The zero-order chi connectivity index (χ0) is 14.5. The summed E-state index contributed by atoms with van der Waals surface area (Å²) < 4.78 is 6.01. The number of hydrogen-bond acceptors (Lipinski definition) is 3. The molecule has 5 heteroatoms. The highest BCUT2D eigenvalue weighted by molar-refractivity contribution is 6.30. The van der Waals surface area contributed by atoms with E-state index in [1.165, 1.54) is 12.8 Å². The Balaban J connectivity index is 2.04. The van der Waals surface area contributed by atoms with Crippen LogP contribution < -0.4 is 10.1 Å². The molecule has 0 heterocycles. The lowest BCUT2D eigenvalue weighted by molar-refractivity contribution is -0.139. The maximum absolute atomic E-state index is 10.8. The van der Waals surface area contributed by atoms with Gasteiger partial charge in [-0.15, -0.1) is 0 Å². The lowest BCUT2D eigenvalue weighted by Crippen LogP contribution is -2.33. The van der Waals surface area contributed by atoms with E-state index >= 15 is 0 Å². The van der Waals surface area contributed by atoms with Crippen LogP contribution in [0.25, 0.3) is 0 Å². The second kappa shape index (κ2) is 6.95. The van der Waals surface area contributed by atoms with Gasteiger partial charge in [-0.1, -0.05) is 11.6 Å². The summed E-state index contributed by atoms with van der Waals surface area (Å²) in [5.74, 6) is -0.0725. The van der Waals surface area contributed by atoms with Crippen LogP contribution in [0.2, 0.25) is 5.02 Å². The molecule has 1 aromatic carbocycles. The second-order valence-electron chi connectivity index (χ2n) is 5.22. The number of carboxylic acid groups (broad SMARTS) is 1. The second-order valence-corrected chi connectivity index (χ2v) is 5.65.